The SMILES string of the molecule is C1=NC(c2ccccc2)(c2ccccc2N2c3ccccc3Oc3ccccc32)N=C(c2ccccc2)N1. The number of rotatable bonds is 4. The van der Waals surface area contributed by atoms with Crippen molar-refractivity contribution in [2.24, 2.45) is 9.98 Å². The van der Waals surface area contributed by atoms with Crippen LogP contribution in [0.5, 0.6) is 11.5 Å². The van der Waals surface area contributed by atoms with Crippen molar-refractivity contribution < 1.29 is 4.74 Å². The Kier molecular flexibility index (Phi) is 5.26. The van der Waals surface area contributed by atoms with Crippen LogP contribution in [-0.4, -0.2) is 12.2 Å². The molecule has 1 unspecified atom stereocenters. The predicted octanol–water partition coefficient (Wildman–Crippen LogP) is 7.54. The van der Waals surface area contributed by atoms with E-state index in [1.54, 1.807) is 6.34 Å². The van der Waals surface area contributed by atoms with Crippen LogP contribution >= 0.6 is 0 Å². The van der Waals surface area contributed by atoms with Gasteiger partial charge in [0.05, 0.1) is 23.4 Å². The summed E-state index contributed by atoms with van der Waals surface area (Å²) in [7, 11) is 0. The lowest BCUT2D eigenvalue weighted by Crippen LogP contribution is -2.37. The van der Waals surface area contributed by atoms with E-state index in [4.69, 9.17) is 14.7 Å². The summed E-state index contributed by atoms with van der Waals surface area (Å²) in [6, 6.07) is 45.0. The highest BCUT2D eigenvalue weighted by Crippen LogP contribution is 2.53. The third kappa shape index (κ3) is 3.56. The molecule has 5 heteroatoms. The lowest BCUT2D eigenvalue weighted by atomic mass is 9.89. The Hall–Kier alpha value is -5.16. The minimum Gasteiger partial charge on any atom is -0.453 e. The van der Waals surface area contributed by atoms with E-state index in [0.29, 0.717) is 0 Å². The van der Waals surface area contributed by atoms with Crippen molar-refractivity contribution in [3.63, 3.8) is 0 Å². The van der Waals surface area contributed by atoms with E-state index in [9.17, 15) is 0 Å². The average molecular weight is 493 g/mol. The van der Waals surface area contributed by atoms with Crippen LogP contribution in [0.1, 0.15) is 16.7 Å². The topological polar surface area (TPSA) is 49.2 Å². The number of hydrogen-bond acceptors (Lipinski definition) is 5. The molecule has 182 valence electrons. The molecule has 5 nitrogen and oxygen atoms in total. The number of aliphatic imine (C=N–C) groups is 2. The molecule has 0 aliphatic carbocycles. The summed E-state index contributed by atoms with van der Waals surface area (Å²) in [5.74, 6) is 2.37. The molecule has 2 heterocycles. The zero-order chi connectivity index (χ0) is 25.4. The van der Waals surface area contributed by atoms with Crippen molar-refractivity contribution in [3.8, 4) is 11.5 Å². The van der Waals surface area contributed by atoms with E-state index >= 15 is 0 Å². The zero-order valence-electron chi connectivity index (χ0n) is 20.5. The fourth-order valence-corrected chi connectivity index (χ4v) is 5.18. The molecule has 0 saturated carbocycles. The standard InChI is InChI=1S/C33H24N4O/c1-3-13-24(14-4-1)32-34-23-35-33(36-32,25-15-5-2-6-16-25)26-17-7-8-18-27(26)37-28-19-9-11-21-30(28)38-31-22-12-10-20-29(31)37/h1-23H,(H,34,35,36). The number of nitrogens with zero attached hydrogens (tertiary/aromatic N) is 3. The van der Waals surface area contributed by atoms with Crippen LogP contribution in [0.15, 0.2) is 143 Å². The Morgan fingerprint density at radius 2 is 1.13 bits per heavy atom. The molecule has 0 fully saturated rings. The molecular weight excluding hydrogens is 468 g/mol. The number of nitrogens with one attached hydrogen (secondary N) is 1. The van der Waals surface area contributed by atoms with Gasteiger partial charge >= 0.3 is 0 Å². The molecule has 5 aromatic carbocycles. The molecule has 0 saturated heterocycles. The van der Waals surface area contributed by atoms with Gasteiger partial charge in [-0.3, -0.25) is 0 Å². The number of anilines is 3. The lowest BCUT2D eigenvalue weighted by molar-refractivity contribution is 0.476. The molecule has 0 spiro atoms. The van der Waals surface area contributed by atoms with Crippen LogP contribution in [0.25, 0.3) is 0 Å². The number of benzene rings is 5. The van der Waals surface area contributed by atoms with E-state index < -0.39 is 5.66 Å². The van der Waals surface area contributed by atoms with E-state index in [1.807, 2.05) is 72.8 Å². The van der Waals surface area contributed by atoms with E-state index in [-0.39, 0.29) is 0 Å². The minimum absolute atomic E-state index is 0.766. The van der Waals surface area contributed by atoms with Crippen molar-refractivity contribution >= 4 is 29.2 Å². The molecule has 0 aromatic heterocycles. The number of hydrogen-bond donors (Lipinski definition) is 1. The van der Waals surface area contributed by atoms with Gasteiger partial charge in [0.1, 0.15) is 5.84 Å². The van der Waals surface area contributed by atoms with E-state index in [1.165, 1.54) is 0 Å². The highest BCUT2D eigenvalue weighted by molar-refractivity contribution is 6.06. The van der Waals surface area contributed by atoms with Crippen LogP contribution in [0.4, 0.5) is 17.1 Å². The second-order valence-electron chi connectivity index (χ2n) is 9.16. The van der Waals surface area contributed by atoms with Gasteiger partial charge in [-0.05, 0) is 30.3 Å². The highest BCUT2D eigenvalue weighted by atomic mass is 16.5. The molecule has 5 aromatic rings. The van der Waals surface area contributed by atoms with Gasteiger partial charge in [-0.15, -0.1) is 0 Å². The quantitative estimate of drug-likeness (QED) is 0.277. The Morgan fingerprint density at radius 3 is 1.82 bits per heavy atom. The molecule has 7 rings (SSSR count). The van der Waals surface area contributed by atoms with Gasteiger partial charge in [-0.1, -0.05) is 103 Å². The van der Waals surface area contributed by atoms with Crippen molar-refractivity contribution in [2.75, 3.05) is 4.90 Å². The summed E-state index contributed by atoms with van der Waals surface area (Å²) >= 11 is 0. The summed E-state index contributed by atoms with van der Waals surface area (Å²) in [6.45, 7) is 0. The molecule has 0 bridgehead atoms. The maximum Gasteiger partial charge on any atom is 0.207 e. The minimum atomic E-state index is -1.00. The molecule has 0 radical (unpaired) electrons. The lowest BCUT2D eigenvalue weighted by Gasteiger charge is -2.38. The second-order valence-corrected chi connectivity index (χ2v) is 9.16. The highest BCUT2D eigenvalue weighted by Gasteiger charge is 2.40. The first-order valence-electron chi connectivity index (χ1n) is 12.6. The summed E-state index contributed by atoms with van der Waals surface area (Å²) in [4.78, 5) is 12.7. The summed E-state index contributed by atoms with van der Waals surface area (Å²) in [6.07, 6.45) is 1.76. The van der Waals surface area contributed by atoms with Crippen molar-refractivity contribution in [2.45, 2.75) is 5.66 Å². The number of ether oxygens (including phenoxy) is 1. The third-order valence-corrected chi connectivity index (χ3v) is 6.90. The number of para-hydroxylation sites is 5. The van der Waals surface area contributed by atoms with Gasteiger partial charge in [0.2, 0.25) is 5.66 Å². The molecule has 2 aliphatic heterocycles. The van der Waals surface area contributed by atoms with Gasteiger partial charge < -0.3 is 15.0 Å². The molecular formula is C33H24N4O. The van der Waals surface area contributed by atoms with Gasteiger partial charge in [-0.2, -0.15) is 0 Å². The Bertz CT molecular complexity index is 1630. The van der Waals surface area contributed by atoms with Crippen LogP contribution < -0.4 is 15.0 Å². The summed E-state index contributed by atoms with van der Waals surface area (Å²) in [5, 5.41) is 3.28. The monoisotopic (exact) mass is 492 g/mol. The molecule has 1 N–H and O–H groups in total. The first-order chi connectivity index (χ1) is 18.8. The fraction of sp³-hybridized carbons (Fsp3) is 0.0303. The van der Waals surface area contributed by atoms with Gasteiger partial charge in [0, 0.05) is 16.7 Å². The van der Waals surface area contributed by atoms with Crippen LogP contribution in [0.2, 0.25) is 0 Å². The number of fused-ring (bicyclic) bond motifs is 2. The fourth-order valence-electron chi connectivity index (χ4n) is 5.18. The van der Waals surface area contributed by atoms with Crippen molar-refractivity contribution in [1.29, 1.82) is 0 Å². The first-order valence-corrected chi connectivity index (χ1v) is 12.6. The molecule has 2 aliphatic rings. The largest absolute Gasteiger partial charge is 0.453 e. The molecule has 1 atom stereocenters. The maximum atomic E-state index is 6.29. The van der Waals surface area contributed by atoms with Crippen LogP contribution in [0.3, 0.4) is 0 Å². The Labute approximate surface area is 221 Å². The predicted molar refractivity (Wildman–Crippen MR) is 153 cm³/mol. The molecule has 0 amide bonds. The Morgan fingerprint density at radius 1 is 0.579 bits per heavy atom. The first kappa shape index (κ1) is 22.1. The normalized spacial score (nSPS) is 17.5. The van der Waals surface area contributed by atoms with Crippen LogP contribution in [0, 0.1) is 0 Å². The second kappa shape index (κ2) is 9.05. The summed E-state index contributed by atoms with van der Waals surface area (Å²) in [5.41, 5.74) is 4.85. The summed E-state index contributed by atoms with van der Waals surface area (Å²) < 4.78 is 6.29. The zero-order valence-corrected chi connectivity index (χ0v) is 20.5. The van der Waals surface area contributed by atoms with Gasteiger partial charge in [0.15, 0.2) is 11.5 Å². The average Bonchev–Trinajstić information content (AvgIpc) is 3.01. The maximum absolute atomic E-state index is 6.29. The van der Waals surface area contributed by atoms with Gasteiger partial charge in [-0.25, -0.2) is 9.98 Å². The molecule has 38 heavy (non-hydrogen) atoms. The van der Waals surface area contributed by atoms with Crippen molar-refractivity contribution in [3.05, 3.63) is 150 Å². The smallest absolute Gasteiger partial charge is 0.207 e. The number of amidine groups is 1. The Balaban J connectivity index is 1.51. The van der Waals surface area contributed by atoms with Crippen molar-refractivity contribution in [1.82, 2.24) is 5.32 Å². The van der Waals surface area contributed by atoms with Crippen LogP contribution in [-0.2, 0) is 5.66 Å². The van der Waals surface area contributed by atoms with Gasteiger partial charge in [0.25, 0.3) is 0 Å². The van der Waals surface area contributed by atoms with E-state index in [2.05, 4.69) is 70.9 Å². The third-order valence-electron chi connectivity index (χ3n) is 6.90. The van der Waals surface area contributed by atoms with E-state index in [0.717, 1.165) is 51.1 Å².